The van der Waals surface area contributed by atoms with Crippen molar-refractivity contribution in [3.8, 4) is 0 Å². The summed E-state index contributed by atoms with van der Waals surface area (Å²) in [6.07, 6.45) is 2.15. The van der Waals surface area contributed by atoms with E-state index in [1.165, 1.54) is 0 Å². The maximum atomic E-state index is 5.30. The molecule has 1 aliphatic rings. The van der Waals surface area contributed by atoms with E-state index < -0.39 is 0 Å². The molecule has 0 aromatic heterocycles. The quantitative estimate of drug-likeness (QED) is 0.426. The van der Waals surface area contributed by atoms with Gasteiger partial charge in [-0.25, -0.2) is 0 Å². The van der Waals surface area contributed by atoms with Crippen LogP contribution in [0.3, 0.4) is 0 Å². The molecule has 1 heterocycles. The molecule has 0 aliphatic carbocycles. The Morgan fingerprint density at radius 3 is 3.00 bits per heavy atom. The van der Waals surface area contributed by atoms with Gasteiger partial charge in [-0.1, -0.05) is 0 Å². The number of rotatable bonds is 4. The Morgan fingerprint density at radius 2 is 2.40 bits per heavy atom. The summed E-state index contributed by atoms with van der Waals surface area (Å²) < 4.78 is 15.3. The molecule has 3 nitrogen and oxygen atoms in total. The molecule has 0 aromatic rings. The summed E-state index contributed by atoms with van der Waals surface area (Å²) in [5.74, 6) is 0. The predicted octanol–water partition coefficient (Wildman–Crippen LogP) is 0.558. The van der Waals surface area contributed by atoms with Crippen molar-refractivity contribution >= 4 is 7.12 Å². The van der Waals surface area contributed by atoms with Crippen molar-refractivity contribution in [1.29, 1.82) is 0 Å². The predicted molar refractivity (Wildman–Crippen MR) is 39.0 cm³/mol. The molecule has 0 aromatic carbocycles. The van der Waals surface area contributed by atoms with Crippen molar-refractivity contribution in [2.24, 2.45) is 0 Å². The summed E-state index contributed by atoms with van der Waals surface area (Å²) in [5, 5.41) is 0. The fourth-order valence-electron chi connectivity index (χ4n) is 0.942. The van der Waals surface area contributed by atoms with E-state index in [0.29, 0.717) is 13.2 Å². The molecule has 0 atom stereocenters. The van der Waals surface area contributed by atoms with E-state index in [2.05, 4.69) is 0 Å². The molecule has 0 spiro atoms. The topological polar surface area (TPSA) is 27.7 Å². The van der Waals surface area contributed by atoms with Gasteiger partial charge in [-0.2, -0.15) is 0 Å². The van der Waals surface area contributed by atoms with Gasteiger partial charge in [0.1, 0.15) is 0 Å². The van der Waals surface area contributed by atoms with Crippen molar-refractivity contribution < 1.29 is 14.0 Å². The summed E-state index contributed by atoms with van der Waals surface area (Å²) in [6.45, 7) is 2.14. The van der Waals surface area contributed by atoms with Gasteiger partial charge in [0.15, 0.2) is 0 Å². The maximum absolute atomic E-state index is 5.30. The third-order valence-corrected chi connectivity index (χ3v) is 1.48. The first-order valence-electron chi connectivity index (χ1n) is 3.65. The van der Waals surface area contributed by atoms with Gasteiger partial charge < -0.3 is 14.0 Å². The molecule has 1 saturated heterocycles. The summed E-state index contributed by atoms with van der Waals surface area (Å²) in [5.41, 5.74) is 0. The van der Waals surface area contributed by atoms with Crippen LogP contribution in [0.1, 0.15) is 6.42 Å². The minimum atomic E-state index is 0.0372. The Balaban J connectivity index is 1.91. The lowest BCUT2D eigenvalue weighted by Crippen LogP contribution is -2.18. The van der Waals surface area contributed by atoms with E-state index in [1.54, 1.807) is 7.11 Å². The minimum Gasteiger partial charge on any atom is -0.411 e. The molecule has 4 heteroatoms. The molecule has 1 rings (SSSR count). The van der Waals surface area contributed by atoms with E-state index in [4.69, 9.17) is 14.0 Å². The summed E-state index contributed by atoms with van der Waals surface area (Å²) in [7, 11) is 1.70. The van der Waals surface area contributed by atoms with Gasteiger partial charge in [-0.15, -0.1) is 0 Å². The largest absolute Gasteiger partial charge is 0.457 e. The van der Waals surface area contributed by atoms with E-state index >= 15 is 0 Å². The van der Waals surface area contributed by atoms with Crippen molar-refractivity contribution in [3.05, 3.63) is 0 Å². The number of methoxy groups -OCH3 is 1. The number of ether oxygens (including phenoxy) is 1. The van der Waals surface area contributed by atoms with Crippen molar-refractivity contribution in [2.75, 3.05) is 26.9 Å². The highest BCUT2D eigenvalue weighted by Crippen LogP contribution is 2.09. The second-order valence-corrected chi connectivity index (χ2v) is 2.31. The molecule has 58 valence electrons. The van der Waals surface area contributed by atoms with Crippen LogP contribution in [0.5, 0.6) is 0 Å². The first-order chi connectivity index (χ1) is 4.93. The maximum Gasteiger partial charge on any atom is 0.457 e. The first kappa shape index (κ1) is 8.05. The van der Waals surface area contributed by atoms with E-state index in [1.807, 2.05) is 0 Å². The third kappa shape index (κ3) is 2.69. The Hall–Kier alpha value is -0.0551. The second kappa shape index (κ2) is 4.71. The van der Waals surface area contributed by atoms with Crippen molar-refractivity contribution in [2.45, 2.75) is 12.7 Å². The Bertz CT molecular complexity index is 83.1. The second-order valence-electron chi connectivity index (χ2n) is 2.31. The van der Waals surface area contributed by atoms with Crippen molar-refractivity contribution in [1.82, 2.24) is 0 Å². The molecule has 10 heavy (non-hydrogen) atoms. The first-order valence-corrected chi connectivity index (χ1v) is 3.65. The van der Waals surface area contributed by atoms with Crippen LogP contribution >= 0.6 is 0 Å². The van der Waals surface area contributed by atoms with Gasteiger partial charge in [0.2, 0.25) is 0 Å². The van der Waals surface area contributed by atoms with E-state index in [-0.39, 0.29) is 7.12 Å². The monoisotopic (exact) mass is 144 g/mol. The zero-order valence-electron chi connectivity index (χ0n) is 6.34. The summed E-state index contributed by atoms with van der Waals surface area (Å²) >= 11 is 0. The number of hydrogen-bond acceptors (Lipinski definition) is 3. The zero-order valence-corrected chi connectivity index (χ0v) is 6.34. The van der Waals surface area contributed by atoms with Crippen LogP contribution < -0.4 is 0 Å². The molecular formula is C6H13BO3. The highest BCUT2D eigenvalue weighted by Gasteiger charge is 2.22. The lowest BCUT2D eigenvalue weighted by Gasteiger charge is -2.05. The molecule has 0 bridgehead atoms. The molecule has 0 saturated carbocycles. The SMILES string of the molecule is COCCOB1CCCO1. The summed E-state index contributed by atoms with van der Waals surface area (Å²) in [6, 6.07) is 0. The van der Waals surface area contributed by atoms with Crippen LogP contribution in [0.4, 0.5) is 0 Å². The Kier molecular flexibility index (Phi) is 3.79. The molecule has 1 aliphatic heterocycles. The highest BCUT2D eigenvalue weighted by atomic mass is 16.6. The van der Waals surface area contributed by atoms with E-state index in [0.717, 1.165) is 19.3 Å². The van der Waals surface area contributed by atoms with Crippen molar-refractivity contribution in [3.63, 3.8) is 0 Å². The van der Waals surface area contributed by atoms with Crippen LogP contribution in [0.25, 0.3) is 0 Å². The molecule has 0 radical (unpaired) electrons. The number of hydrogen-bond donors (Lipinski definition) is 0. The molecular weight excluding hydrogens is 131 g/mol. The van der Waals surface area contributed by atoms with Gasteiger partial charge >= 0.3 is 7.12 Å². The Labute approximate surface area is 61.8 Å². The fraction of sp³-hybridized carbons (Fsp3) is 1.00. The van der Waals surface area contributed by atoms with Crippen LogP contribution in [0.15, 0.2) is 0 Å². The van der Waals surface area contributed by atoms with Gasteiger partial charge in [0, 0.05) is 13.7 Å². The Morgan fingerprint density at radius 1 is 1.50 bits per heavy atom. The third-order valence-electron chi connectivity index (χ3n) is 1.48. The lowest BCUT2D eigenvalue weighted by molar-refractivity contribution is 0.129. The smallest absolute Gasteiger partial charge is 0.411 e. The van der Waals surface area contributed by atoms with Gasteiger partial charge in [0.25, 0.3) is 0 Å². The molecule has 0 N–H and O–H groups in total. The molecule has 0 unspecified atom stereocenters. The zero-order chi connectivity index (χ0) is 7.23. The van der Waals surface area contributed by atoms with Crippen LogP contribution in [-0.2, 0) is 14.0 Å². The normalized spacial score (nSPS) is 18.3. The average Bonchev–Trinajstić information content (AvgIpc) is 2.41. The van der Waals surface area contributed by atoms with Crippen LogP contribution in [-0.4, -0.2) is 34.0 Å². The van der Waals surface area contributed by atoms with Gasteiger partial charge in [-0.05, 0) is 12.7 Å². The molecule has 0 amide bonds. The fourth-order valence-corrected chi connectivity index (χ4v) is 0.942. The van der Waals surface area contributed by atoms with Crippen LogP contribution in [0, 0.1) is 0 Å². The standard InChI is InChI=1S/C6H13BO3/c1-8-5-6-10-7-3-2-4-9-7/h2-6H2,1H3. The summed E-state index contributed by atoms with van der Waals surface area (Å²) in [4.78, 5) is 0. The lowest BCUT2D eigenvalue weighted by atomic mass is 9.86. The average molecular weight is 144 g/mol. The minimum absolute atomic E-state index is 0.0372. The van der Waals surface area contributed by atoms with Gasteiger partial charge in [-0.3, -0.25) is 0 Å². The van der Waals surface area contributed by atoms with Crippen LogP contribution in [0.2, 0.25) is 6.32 Å². The van der Waals surface area contributed by atoms with Gasteiger partial charge in [0.05, 0.1) is 13.2 Å². The molecule has 1 fully saturated rings. The highest BCUT2D eigenvalue weighted by molar-refractivity contribution is 6.45. The van der Waals surface area contributed by atoms with E-state index in [9.17, 15) is 0 Å².